The maximum Gasteiger partial charge on any atom is 0.261 e. The summed E-state index contributed by atoms with van der Waals surface area (Å²) in [5, 5.41) is 0. The van der Waals surface area contributed by atoms with Crippen molar-refractivity contribution in [2.45, 2.75) is 12.5 Å². The van der Waals surface area contributed by atoms with E-state index >= 15 is 0 Å². The van der Waals surface area contributed by atoms with Crippen molar-refractivity contribution in [3.63, 3.8) is 0 Å². The number of benzene rings is 2. The number of ether oxygens (including phenoxy) is 2. The molecule has 0 aliphatic carbocycles. The van der Waals surface area contributed by atoms with Crippen molar-refractivity contribution in [2.75, 3.05) is 33.4 Å². The minimum atomic E-state index is -0.197. The lowest BCUT2D eigenvalue weighted by atomic mass is 9.91. The number of amides is 2. The van der Waals surface area contributed by atoms with Gasteiger partial charge in [-0.2, -0.15) is 0 Å². The summed E-state index contributed by atoms with van der Waals surface area (Å²) in [4.78, 5) is 28.8. The average molecular weight is 366 g/mol. The first-order valence-corrected chi connectivity index (χ1v) is 9.08. The summed E-state index contributed by atoms with van der Waals surface area (Å²) in [6.45, 7) is 1.19. The van der Waals surface area contributed by atoms with E-state index in [1.54, 1.807) is 24.1 Å². The molecule has 0 bridgehead atoms. The van der Waals surface area contributed by atoms with Gasteiger partial charge in [-0.05, 0) is 29.7 Å². The molecule has 27 heavy (non-hydrogen) atoms. The lowest BCUT2D eigenvalue weighted by Gasteiger charge is -2.44. The Morgan fingerprint density at radius 3 is 2.67 bits per heavy atom. The van der Waals surface area contributed by atoms with Crippen LogP contribution < -0.4 is 9.47 Å². The van der Waals surface area contributed by atoms with Crippen LogP contribution in [-0.2, 0) is 16.0 Å². The Morgan fingerprint density at radius 1 is 1.11 bits per heavy atom. The second kappa shape index (κ2) is 7.31. The molecule has 0 spiro atoms. The molecule has 0 N–H and O–H groups in total. The van der Waals surface area contributed by atoms with Gasteiger partial charge in [0.05, 0.1) is 19.7 Å². The second-order valence-electron chi connectivity index (χ2n) is 6.77. The van der Waals surface area contributed by atoms with Crippen LogP contribution in [0.1, 0.15) is 17.2 Å². The molecule has 6 heteroatoms. The van der Waals surface area contributed by atoms with Crippen molar-refractivity contribution in [3.05, 3.63) is 59.7 Å². The molecule has 1 fully saturated rings. The van der Waals surface area contributed by atoms with E-state index in [4.69, 9.17) is 9.47 Å². The number of para-hydroxylation sites is 2. The molecule has 0 saturated carbocycles. The third kappa shape index (κ3) is 3.35. The third-order valence-electron chi connectivity index (χ3n) is 5.23. The van der Waals surface area contributed by atoms with E-state index in [9.17, 15) is 9.59 Å². The average Bonchev–Trinajstić information content (AvgIpc) is 2.72. The molecule has 4 rings (SSSR count). The summed E-state index contributed by atoms with van der Waals surface area (Å²) in [5.74, 6) is 0.886. The highest BCUT2D eigenvalue weighted by molar-refractivity contribution is 5.87. The van der Waals surface area contributed by atoms with E-state index in [1.165, 1.54) is 5.56 Å². The summed E-state index contributed by atoms with van der Waals surface area (Å²) in [7, 11) is 1.56. The first kappa shape index (κ1) is 17.4. The molecular weight excluding hydrogens is 344 g/mol. The second-order valence-corrected chi connectivity index (χ2v) is 6.77. The molecule has 2 aromatic carbocycles. The smallest absolute Gasteiger partial charge is 0.261 e. The van der Waals surface area contributed by atoms with Crippen LogP contribution >= 0.6 is 0 Å². The van der Waals surface area contributed by atoms with Gasteiger partial charge >= 0.3 is 0 Å². The predicted molar refractivity (Wildman–Crippen MR) is 99.7 cm³/mol. The van der Waals surface area contributed by atoms with Crippen molar-refractivity contribution < 1.29 is 19.1 Å². The molecule has 2 heterocycles. The number of piperazine rings is 1. The van der Waals surface area contributed by atoms with Crippen LogP contribution in [0.4, 0.5) is 0 Å². The number of rotatable bonds is 4. The minimum absolute atomic E-state index is 0.00797. The van der Waals surface area contributed by atoms with Gasteiger partial charge in [0.1, 0.15) is 0 Å². The highest BCUT2D eigenvalue weighted by atomic mass is 16.5. The van der Waals surface area contributed by atoms with E-state index in [0.717, 1.165) is 12.0 Å². The molecular formula is C21H22N2O4. The van der Waals surface area contributed by atoms with Crippen molar-refractivity contribution in [1.82, 2.24) is 9.80 Å². The highest BCUT2D eigenvalue weighted by Gasteiger charge is 2.38. The van der Waals surface area contributed by atoms with Gasteiger partial charge in [-0.1, -0.05) is 36.4 Å². The topological polar surface area (TPSA) is 59.1 Å². The molecule has 2 aromatic rings. The van der Waals surface area contributed by atoms with E-state index in [1.807, 2.05) is 29.2 Å². The first-order valence-electron chi connectivity index (χ1n) is 9.08. The SMILES string of the molecule is COc1ccccc1OCC(=O)N1CC(=O)N2CCc3ccccc3C2C1. The van der Waals surface area contributed by atoms with Gasteiger partial charge in [-0.3, -0.25) is 9.59 Å². The van der Waals surface area contributed by atoms with Crippen LogP contribution in [0.3, 0.4) is 0 Å². The standard InChI is InChI=1S/C21H22N2O4/c1-26-18-8-4-5-9-19(18)27-14-21(25)22-12-17-16-7-3-2-6-15(16)10-11-23(17)20(24)13-22/h2-9,17H,10-14H2,1H3. The molecule has 0 radical (unpaired) electrons. The molecule has 140 valence electrons. The summed E-state index contributed by atoms with van der Waals surface area (Å²) in [6.07, 6.45) is 0.864. The molecule has 6 nitrogen and oxygen atoms in total. The van der Waals surface area contributed by atoms with Gasteiger partial charge < -0.3 is 19.3 Å². The number of carbonyl (C=O) groups excluding carboxylic acids is 2. The molecule has 1 unspecified atom stereocenters. The Labute approximate surface area is 158 Å². The van der Waals surface area contributed by atoms with Gasteiger partial charge in [0.2, 0.25) is 5.91 Å². The van der Waals surface area contributed by atoms with Crippen molar-refractivity contribution in [2.24, 2.45) is 0 Å². The summed E-state index contributed by atoms with van der Waals surface area (Å²) >= 11 is 0. The molecule has 1 saturated heterocycles. The van der Waals surface area contributed by atoms with E-state index in [2.05, 4.69) is 12.1 Å². The quantitative estimate of drug-likeness (QED) is 0.831. The zero-order chi connectivity index (χ0) is 18.8. The monoisotopic (exact) mass is 366 g/mol. The normalized spacial score (nSPS) is 18.6. The molecule has 0 aromatic heterocycles. The zero-order valence-electron chi connectivity index (χ0n) is 15.3. The Bertz CT molecular complexity index is 867. The highest BCUT2D eigenvalue weighted by Crippen LogP contribution is 2.33. The fourth-order valence-electron chi connectivity index (χ4n) is 3.83. The molecule has 2 aliphatic rings. The van der Waals surface area contributed by atoms with Crippen molar-refractivity contribution in [1.29, 1.82) is 0 Å². The number of carbonyl (C=O) groups is 2. The zero-order valence-corrected chi connectivity index (χ0v) is 15.3. The lowest BCUT2D eigenvalue weighted by Crippen LogP contribution is -2.56. The van der Waals surface area contributed by atoms with Crippen LogP contribution in [0.25, 0.3) is 0 Å². The predicted octanol–water partition coefficient (Wildman–Crippen LogP) is 2.04. The van der Waals surface area contributed by atoms with Crippen LogP contribution in [0, 0.1) is 0 Å². The van der Waals surface area contributed by atoms with Gasteiger partial charge in [-0.25, -0.2) is 0 Å². The van der Waals surface area contributed by atoms with Crippen LogP contribution in [0.5, 0.6) is 11.5 Å². The summed E-state index contributed by atoms with van der Waals surface area (Å²) < 4.78 is 10.9. The largest absolute Gasteiger partial charge is 0.493 e. The number of hydrogen-bond donors (Lipinski definition) is 0. The van der Waals surface area contributed by atoms with Gasteiger partial charge in [-0.15, -0.1) is 0 Å². The number of nitrogens with zero attached hydrogens (tertiary/aromatic N) is 2. The molecule has 2 aliphatic heterocycles. The number of hydrogen-bond acceptors (Lipinski definition) is 4. The summed E-state index contributed by atoms with van der Waals surface area (Å²) in [6, 6.07) is 15.3. The number of methoxy groups -OCH3 is 1. The first-order chi connectivity index (χ1) is 13.2. The molecule has 1 atom stereocenters. The van der Waals surface area contributed by atoms with Crippen LogP contribution in [-0.4, -0.2) is 55.0 Å². The van der Waals surface area contributed by atoms with Gasteiger partial charge in [0.25, 0.3) is 5.91 Å². The van der Waals surface area contributed by atoms with Gasteiger partial charge in [0.15, 0.2) is 18.1 Å². The fourth-order valence-corrected chi connectivity index (χ4v) is 3.83. The lowest BCUT2D eigenvalue weighted by molar-refractivity contribution is -0.150. The van der Waals surface area contributed by atoms with Crippen LogP contribution in [0.15, 0.2) is 48.5 Å². The van der Waals surface area contributed by atoms with Crippen LogP contribution in [0.2, 0.25) is 0 Å². The van der Waals surface area contributed by atoms with E-state index in [-0.39, 0.29) is 31.0 Å². The van der Waals surface area contributed by atoms with Gasteiger partial charge in [0, 0.05) is 13.1 Å². The fraction of sp³-hybridized carbons (Fsp3) is 0.333. The molecule has 2 amide bonds. The maximum absolute atomic E-state index is 12.7. The Hall–Kier alpha value is -3.02. The Kier molecular flexibility index (Phi) is 4.71. The van der Waals surface area contributed by atoms with E-state index in [0.29, 0.717) is 24.6 Å². The Morgan fingerprint density at radius 2 is 1.85 bits per heavy atom. The van der Waals surface area contributed by atoms with Crippen molar-refractivity contribution in [3.8, 4) is 11.5 Å². The number of fused-ring (bicyclic) bond motifs is 3. The maximum atomic E-state index is 12.7. The van der Waals surface area contributed by atoms with Crippen molar-refractivity contribution >= 4 is 11.8 Å². The minimum Gasteiger partial charge on any atom is -0.493 e. The summed E-state index contributed by atoms with van der Waals surface area (Å²) in [5.41, 5.74) is 2.39. The third-order valence-corrected chi connectivity index (χ3v) is 5.23. The Balaban J connectivity index is 1.47. The van der Waals surface area contributed by atoms with E-state index < -0.39 is 0 Å².